The number of rotatable bonds is 2. The Balaban J connectivity index is 1.64. The molecule has 0 saturated carbocycles. The molecule has 9 heteroatoms. The highest BCUT2D eigenvalue weighted by atomic mass is 35.5. The molecule has 2 aromatic rings. The van der Waals surface area contributed by atoms with Gasteiger partial charge in [-0.1, -0.05) is 29.3 Å². The van der Waals surface area contributed by atoms with E-state index in [2.05, 4.69) is 20.9 Å². The highest BCUT2D eigenvalue weighted by molar-refractivity contribution is 6.43. The molecular formula is C19H18Cl2N6O. The van der Waals surface area contributed by atoms with E-state index in [9.17, 15) is 4.79 Å². The van der Waals surface area contributed by atoms with Crippen molar-refractivity contribution in [3.8, 4) is 0 Å². The lowest BCUT2D eigenvalue weighted by Crippen LogP contribution is -2.42. The van der Waals surface area contributed by atoms with Gasteiger partial charge in [-0.2, -0.15) is 0 Å². The number of nitrogens with zero attached hydrogens (tertiary/aromatic N) is 4. The predicted molar refractivity (Wildman–Crippen MR) is 109 cm³/mol. The molecule has 7 nitrogen and oxygen atoms in total. The van der Waals surface area contributed by atoms with Crippen LogP contribution < -0.4 is 16.0 Å². The van der Waals surface area contributed by atoms with Gasteiger partial charge in [-0.25, -0.2) is 15.0 Å². The van der Waals surface area contributed by atoms with Crippen molar-refractivity contribution in [3.05, 3.63) is 74.9 Å². The number of aromatic nitrogens is 2. The molecule has 0 fully saturated rings. The highest BCUT2D eigenvalue weighted by Crippen LogP contribution is 2.31. The molecule has 3 heterocycles. The van der Waals surface area contributed by atoms with E-state index in [0.717, 1.165) is 22.8 Å². The molecule has 2 aliphatic heterocycles. The van der Waals surface area contributed by atoms with Gasteiger partial charge in [0, 0.05) is 17.6 Å². The Bertz CT molecular complexity index is 1010. The van der Waals surface area contributed by atoms with Crippen LogP contribution in [-0.4, -0.2) is 26.8 Å². The third-order valence-electron chi connectivity index (χ3n) is 4.63. The number of hydrogen-bond donors (Lipinski definition) is 2. The topological polar surface area (TPSA) is 73.4 Å². The number of aryl methyl sites for hydroxylation is 2. The number of amides is 1. The van der Waals surface area contributed by atoms with E-state index in [-0.39, 0.29) is 17.0 Å². The number of carbonyl (C=O) groups excluding carboxylic acids is 1. The summed E-state index contributed by atoms with van der Waals surface area (Å²) in [6.45, 7) is 5.77. The predicted octanol–water partition coefficient (Wildman–Crippen LogP) is 3.50. The fourth-order valence-electron chi connectivity index (χ4n) is 3.28. The van der Waals surface area contributed by atoms with Gasteiger partial charge in [0.05, 0.1) is 33.0 Å². The van der Waals surface area contributed by atoms with Crippen LogP contribution >= 0.6 is 23.2 Å². The smallest absolute Gasteiger partial charge is 0.259 e. The van der Waals surface area contributed by atoms with Crippen molar-refractivity contribution >= 4 is 35.1 Å². The van der Waals surface area contributed by atoms with Crippen LogP contribution in [0.3, 0.4) is 0 Å². The molecule has 0 spiro atoms. The van der Waals surface area contributed by atoms with Crippen molar-refractivity contribution in [3.63, 3.8) is 0 Å². The molecule has 4 rings (SSSR count). The number of hydrazine groups is 2. The summed E-state index contributed by atoms with van der Waals surface area (Å²) < 4.78 is 0. The van der Waals surface area contributed by atoms with Gasteiger partial charge in [-0.3, -0.25) is 4.79 Å². The second kappa shape index (κ2) is 7.09. The fourth-order valence-corrected chi connectivity index (χ4v) is 3.66. The van der Waals surface area contributed by atoms with Crippen molar-refractivity contribution in [1.29, 1.82) is 0 Å². The van der Waals surface area contributed by atoms with Crippen LogP contribution in [0.2, 0.25) is 10.0 Å². The van der Waals surface area contributed by atoms with Crippen molar-refractivity contribution in [2.75, 3.05) is 5.01 Å². The molecule has 1 unspecified atom stereocenters. The SMILES string of the molecule is Cc1cc(C)nc(N2NNC3=C2C=CN(C(=O)c2cccc(Cl)c2Cl)C3C)n1. The molecule has 0 aliphatic carbocycles. The molecule has 144 valence electrons. The lowest BCUT2D eigenvalue weighted by atomic mass is 10.1. The average Bonchev–Trinajstić information content (AvgIpc) is 3.08. The number of hydrogen-bond acceptors (Lipinski definition) is 6. The summed E-state index contributed by atoms with van der Waals surface area (Å²) in [5.74, 6) is 0.301. The second-order valence-electron chi connectivity index (χ2n) is 6.63. The first kappa shape index (κ1) is 18.7. The van der Waals surface area contributed by atoms with Gasteiger partial charge in [0.15, 0.2) is 0 Å². The van der Waals surface area contributed by atoms with Gasteiger partial charge in [0.2, 0.25) is 5.95 Å². The standard InChI is InChI=1S/C19H18Cl2N6O/c1-10-9-11(2)23-19(22-10)27-15-7-8-26(12(3)17(15)24-25-27)18(28)13-5-4-6-14(20)16(13)21/h4-9,12,24-25H,1-3H3. The van der Waals surface area contributed by atoms with Crippen LogP contribution in [0.4, 0.5) is 5.95 Å². The third-order valence-corrected chi connectivity index (χ3v) is 5.45. The maximum atomic E-state index is 13.0. The molecule has 0 bridgehead atoms. The van der Waals surface area contributed by atoms with Crippen LogP contribution in [0.1, 0.15) is 28.7 Å². The minimum atomic E-state index is -0.258. The van der Waals surface area contributed by atoms with E-state index in [1.165, 1.54) is 0 Å². The Kier molecular flexibility index (Phi) is 4.74. The van der Waals surface area contributed by atoms with E-state index in [1.807, 2.05) is 32.9 Å². The Labute approximate surface area is 172 Å². The summed E-state index contributed by atoms with van der Waals surface area (Å²) in [6.07, 6.45) is 3.56. The van der Waals surface area contributed by atoms with Crippen LogP contribution in [-0.2, 0) is 0 Å². The lowest BCUT2D eigenvalue weighted by molar-refractivity contribution is 0.0790. The first-order valence-electron chi connectivity index (χ1n) is 8.70. The van der Waals surface area contributed by atoms with E-state index < -0.39 is 0 Å². The highest BCUT2D eigenvalue weighted by Gasteiger charge is 2.35. The Morgan fingerprint density at radius 3 is 2.61 bits per heavy atom. The summed E-state index contributed by atoms with van der Waals surface area (Å²) in [7, 11) is 0. The van der Waals surface area contributed by atoms with Gasteiger partial charge in [-0.15, -0.1) is 5.53 Å². The number of halogens is 2. The molecule has 28 heavy (non-hydrogen) atoms. The number of anilines is 1. The number of carbonyl (C=O) groups is 1. The van der Waals surface area contributed by atoms with Gasteiger partial charge >= 0.3 is 0 Å². The maximum absolute atomic E-state index is 13.0. The second-order valence-corrected chi connectivity index (χ2v) is 7.41. The molecule has 1 aromatic carbocycles. The van der Waals surface area contributed by atoms with E-state index >= 15 is 0 Å². The van der Waals surface area contributed by atoms with Gasteiger partial charge in [0.1, 0.15) is 0 Å². The fraction of sp³-hybridized carbons (Fsp3) is 0.211. The number of nitrogens with one attached hydrogen (secondary N) is 2. The minimum Gasteiger partial charge on any atom is -0.306 e. The first-order chi connectivity index (χ1) is 13.4. The first-order valence-corrected chi connectivity index (χ1v) is 9.45. The van der Waals surface area contributed by atoms with Crippen LogP contribution in [0.25, 0.3) is 0 Å². The number of allylic oxidation sites excluding steroid dienone is 1. The van der Waals surface area contributed by atoms with Crippen LogP contribution in [0.15, 0.2) is 47.9 Å². The molecule has 0 radical (unpaired) electrons. The average molecular weight is 417 g/mol. The summed E-state index contributed by atoms with van der Waals surface area (Å²) in [6, 6.07) is 6.68. The summed E-state index contributed by atoms with van der Waals surface area (Å²) in [5.41, 5.74) is 9.98. The Morgan fingerprint density at radius 1 is 1.18 bits per heavy atom. The van der Waals surface area contributed by atoms with E-state index in [1.54, 1.807) is 34.3 Å². The lowest BCUT2D eigenvalue weighted by Gasteiger charge is -2.30. The summed E-state index contributed by atoms with van der Waals surface area (Å²) >= 11 is 12.3. The molecule has 2 aliphatic rings. The largest absolute Gasteiger partial charge is 0.306 e. The summed E-state index contributed by atoms with van der Waals surface area (Å²) in [4.78, 5) is 23.6. The zero-order valence-corrected chi connectivity index (χ0v) is 17.0. The maximum Gasteiger partial charge on any atom is 0.259 e. The minimum absolute atomic E-state index is 0.231. The molecule has 0 saturated heterocycles. The van der Waals surface area contributed by atoms with E-state index in [0.29, 0.717) is 16.5 Å². The van der Waals surface area contributed by atoms with Gasteiger partial charge < -0.3 is 10.3 Å². The van der Waals surface area contributed by atoms with Crippen molar-refractivity contribution < 1.29 is 4.79 Å². The van der Waals surface area contributed by atoms with Crippen LogP contribution in [0.5, 0.6) is 0 Å². The number of benzene rings is 1. The zero-order chi connectivity index (χ0) is 20.0. The molecule has 2 N–H and O–H groups in total. The quantitative estimate of drug-likeness (QED) is 0.780. The van der Waals surface area contributed by atoms with Gasteiger partial charge in [0.25, 0.3) is 5.91 Å². The molecule has 1 amide bonds. The van der Waals surface area contributed by atoms with Gasteiger partial charge in [-0.05, 0) is 45.0 Å². The zero-order valence-electron chi connectivity index (χ0n) is 15.5. The Hall–Kier alpha value is -2.61. The molecular weight excluding hydrogens is 399 g/mol. The third kappa shape index (κ3) is 3.11. The van der Waals surface area contributed by atoms with Crippen molar-refractivity contribution in [2.45, 2.75) is 26.8 Å². The normalized spacial score (nSPS) is 18.4. The van der Waals surface area contributed by atoms with Crippen LogP contribution in [0, 0.1) is 13.8 Å². The summed E-state index contributed by atoms with van der Waals surface area (Å²) in [5, 5.41) is 2.36. The van der Waals surface area contributed by atoms with E-state index in [4.69, 9.17) is 23.2 Å². The Morgan fingerprint density at radius 2 is 1.89 bits per heavy atom. The van der Waals surface area contributed by atoms with Crippen molar-refractivity contribution in [1.82, 2.24) is 25.8 Å². The molecule has 1 aromatic heterocycles. The monoisotopic (exact) mass is 416 g/mol. The molecule has 1 atom stereocenters. The van der Waals surface area contributed by atoms with Crippen molar-refractivity contribution in [2.24, 2.45) is 0 Å².